The molecule has 0 atom stereocenters. The molecular weight excluding hydrogens is 282 g/mol. The third-order valence-electron chi connectivity index (χ3n) is 4.45. The lowest BCUT2D eigenvalue weighted by atomic mass is 10.1. The minimum atomic E-state index is -2.71. The number of aliphatic carboxylic acids is 1. The number of quaternary nitrogens is 1. The van der Waals surface area contributed by atoms with E-state index in [-0.39, 0.29) is 4.48 Å². The number of nitrogens with zero attached hydrogens (tertiary/aromatic N) is 1. The Labute approximate surface area is 135 Å². The Kier molecular flexibility index (Phi) is 10.6. The van der Waals surface area contributed by atoms with Crippen molar-refractivity contribution >= 4 is 5.97 Å². The molecule has 0 aromatic rings. The smallest absolute Gasteiger partial charge is 0.428 e. The first-order valence-electron chi connectivity index (χ1n) is 8.77. The van der Waals surface area contributed by atoms with E-state index < -0.39 is 11.9 Å². The quantitative estimate of drug-likeness (QED) is 0.261. The van der Waals surface area contributed by atoms with Crippen LogP contribution in [0.5, 0.6) is 0 Å². The number of hydrogen-bond donors (Lipinski definition) is 3. The summed E-state index contributed by atoms with van der Waals surface area (Å²) in [4.78, 5) is 10.9. The predicted molar refractivity (Wildman–Crippen MR) is 88.2 cm³/mol. The Morgan fingerprint density at radius 1 is 0.818 bits per heavy atom. The Hall–Kier alpha value is -0.650. The van der Waals surface area contributed by atoms with E-state index >= 15 is 0 Å². The van der Waals surface area contributed by atoms with Crippen LogP contribution >= 0.6 is 0 Å². The van der Waals surface area contributed by atoms with Crippen molar-refractivity contribution in [2.45, 2.75) is 83.5 Å². The average Bonchev–Trinajstić information content (AvgIpc) is 2.44. The standard InChI is InChI=1S/C17H35NO4/c1-4-5-6-7-8-9-10-11-12-13-14-15-18(2,3)17(21,22)16(19)20/h21-22H,4-15H2,1-3H3/p+1. The molecule has 0 saturated carbocycles. The summed E-state index contributed by atoms with van der Waals surface area (Å²) in [6.45, 7) is 2.67. The topological polar surface area (TPSA) is 77.8 Å². The van der Waals surface area contributed by atoms with Gasteiger partial charge in [0.2, 0.25) is 0 Å². The summed E-state index contributed by atoms with van der Waals surface area (Å²) in [7, 11) is 3.06. The Bertz CT molecular complexity index is 303. The van der Waals surface area contributed by atoms with Gasteiger partial charge >= 0.3 is 11.9 Å². The van der Waals surface area contributed by atoms with Crippen molar-refractivity contribution in [2.24, 2.45) is 0 Å². The van der Waals surface area contributed by atoms with Crippen LogP contribution in [0.2, 0.25) is 0 Å². The lowest BCUT2D eigenvalue weighted by Crippen LogP contribution is -2.64. The second kappa shape index (κ2) is 11.0. The number of aliphatic hydroxyl groups is 2. The van der Waals surface area contributed by atoms with E-state index in [1.54, 1.807) is 0 Å². The van der Waals surface area contributed by atoms with E-state index in [4.69, 9.17) is 5.11 Å². The number of carbonyl (C=O) groups is 1. The minimum Gasteiger partial charge on any atom is -0.473 e. The van der Waals surface area contributed by atoms with Crippen molar-refractivity contribution in [1.82, 2.24) is 0 Å². The van der Waals surface area contributed by atoms with E-state index in [1.807, 2.05) is 0 Å². The number of rotatable bonds is 14. The van der Waals surface area contributed by atoms with Gasteiger partial charge in [0.05, 0.1) is 20.6 Å². The van der Waals surface area contributed by atoms with Gasteiger partial charge in [0.25, 0.3) is 0 Å². The molecule has 0 aliphatic heterocycles. The van der Waals surface area contributed by atoms with Crippen LogP contribution in [0.15, 0.2) is 0 Å². The molecule has 0 unspecified atom stereocenters. The highest BCUT2D eigenvalue weighted by atomic mass is 16.6. The highest BCUT2D eigenvalue weighted by Crippen LogP contribution is 2.18. The van der Waals surface area contributed by atoms with Crippen molar-refractivity contribution < 1.29 is 24.6 Å². The number of hydrogen-bond acceptors (Lipinski definition) is 3. The van der Waals surface area contributed by atoms with E-state index in [1.165, 1.54) is 65.5 Å². The third kappa shape index (κ3) is 8.11. The summed E-state index contributed by atoms with van der Waals surface area (Å²) >= 11 is 0. The molecular formula is C17H36NO4+. The van der Waals surface area contributed by atoms with Gasteiger partial charge in [-0.05, 0) is 12.8 Å². The first-order valence-corrected chi connectivity index (χ1v) is 8.77. The molecule has 0 aliphatic rings. The summed E-state index contributed by atoms with van der Waals surface area (Å²) in [5.41, 5.74) is 0. The minimum absolute atomic E-state index is 0.334. The van der Waals surface area contributed by atoms with E-state index in [0.29, 0.717) is 6.54 Å². The molecule has 0 aliphatic carbocycles. The Balaban J connectivity index is 3.59. The summed E-state index contributed by atoms with van der Waals surface area (Å²) in [6.07, 6.45) is 13.4. The third-order valence-corrected chi connectivity index (χ3v) is 4.45. The van der Waals surface area contributed by atoms with Crippen LogP contribution < -0.4 is 0 Å². The SMILES string of the molecule is CCCCCCCCCCCCC[N+](C)(C)C(O)(O)C(=O)O. The zero-order chi connectivity index (χ0) is 17.1. The van der Waals surface area contributed by atoms with Crippen LogP contribution in [0.4, 0.5) is 0 Å². The Morgan fingerprint density at radius 2 is 1.18 bits per heavy atom. The second-order valence-electron chi connectivity index (χ2n) is 6.88. The fraction of sp³-hybridized carbons (Fsp3) is 0.941. The molecule has 0 fully saturated rings. The van der Waals surface area contributed by atoms with Crippen LogP contribution in [-0.2, 0) is 4.79 Å². The zero-order valence-corrected chi connectivity index (χ0v) is 14.7. The Morgan fingerprint density at radius 3 is 1.55 bits per heavy atom. The molecule has 5 nitrogen and oxygen atoms in total. The fourth-order valence-corrected chi connectivity index (χ4v) is 2.59. The average molecular weight is 318 g/mol. The lowest BCUT2D eigenvalue weighted by molar-refractivity contribution is -0.982. The molecule has 0 rings (SSSR count). The number of carboxylic acid groups (broad SMARTS) is 1. The van der Waals surface area contributed by atoms with Crippen LogP contribution in [-0.4, -0.2) is 52.3 Å². The maximum Gasteiger partial charge on any atom is 0.428 e. The molecule has 0 radical (unpaired) electrons. The van der Waals surface area contributed by atoms with E-state index in [9.17, 15) is 15.0 Å². The summed E-state index contributed by atoms with van der Waals surface area (Å²) in [6, 6.07) is 0. The van der Waals surface area contributed by atoms with Gasteiger partial charge in [-0.2, -0.15) is 0 Å². The van der Waals surface area contributed by atoms with Gasteiger partial charge in [-0.15, -0.1) is 0 Å². The molecule has 0 aromatic carbocycles. The fourth-order valence-electron chi connectivity index (χ4n) is 2.59. The van der Waals surface area contributed by atoms with Gasteiger partial charge in [0.1, 0.15) is 0 Å². The van der Waals surface area contributed by atoms with Crippen LogP contribution in [0, 0.1) is 0 Å². The number of carboxylic acids is 1. The maximum absolute atomic E-state index is 10.9. The molecule has 22 heavy (non-hydrogen) atoms. The van der Waals surface area contributed by atoms with Crippen molar-refractivity contribution in [1.29, 1.82) is 0 Å². The van der Waals surface area contributed by atoms with Gasteiger partial charge in [-0.3, -0.25) is 4.48 Å². The molecule has 5 heteroatoms. The molecule has 132 valence electrons. The summed E-state index contributed by atoms with van der Waals surface area (Å²) in [5.74, 6) is -4.31. The van der Waals surface area contributed by atoms with Gasteiger partial charge in [0.15, 0.2) is 0 Å². The molecule has 0 amide bonds. The van der Waals surface area contributed by atoms with Crippen LogP contribution in [0.25, 0.3) is 0 Å². The largest absolute Gasteiger partial charge is 0.473 e. The monoisotopic (exact) mass is 318 g/mol. The molecule has 3 N–H and O–H groups in total. The molecule has 0 saturated heterocycles. The normalized spacial score (nSPS) is 12.6. The van der Waals surface area contributed by atoms with Gasteiger partial charge in [0, 0.05) is 0 Å². The molecule has 0 aromatic heterocycles. The van der Waals surface area contributed by atoms with Crippen molar-refractivity contribution in [3.63, 3.8) is 0 Å². The number of unbranched alkanes of at least 4 members (excludes halogenated alkanes) is 10. The van der Waals surface area contributed by atoms with E-state index in [0.717, 1.165) is 19.3 Å². The molecule has 0 spiro atoms. The maximum atomic E-state index is 10.9. The first kappa shape index (κ1) is 21.4. The summed E-state index contributed by atoms with van der Waals surface area (Å²) < 4.78 is -0.334. The number of likely N-dealkylation sites (N-methyl/N-ethyl adjacent to an activating group) is 1. The van der Waals surface area contributed by atoms with Crippen LogP contribution in [0.3, 0.4) is 0 Å². The molecule has 0 bridgehead atoms. The van der Waals surface area contributed by atoms with Gasteiger partial charge < -0.3 is 15.3 Å². The first-order chi connectivity index (χ1) is 10.3. The van der Waals surface area contributed by atoms with Gasteiger partial charge in [-0.25, -0.2) is 4.79 Å². The van der Waals surface area contributed by atoms with Crippen molar-refractivity contribution in [2.75, 3.05) is 20.6 Å². The highest BCUT2D eigenvalue weighted by molar-refractivity contribution is 5.72. The van der Waals surface area contributed by atoms with Crippen LogP contribution in [0.1, 0.15) is 77.6 Å². The van der Waals surface area contributed by atoms with Crippen molar-refractivity contribution in [3.8, 4) is 0 Å². The second-order valence-corrected chi connectivity index (χ2v) is 6.88. The molecule has 0 heterocycles. The lowest BCUT2D eigenvalue weighted by Gasteiger charge is -2.37. The van der Waals surface area contributed by atoms with E-state index in [2.05, 4.69) is 6.92 Å². The van der Waals surface area contributed by atoms with Crippen molar-refractivity contribution in [3.05, 3.63) is 0 Å². The van der Waals surface area contributed by atoms with Gasteiger partial charge in [-0.1, -0.05) is 64.7 Å². The summed E-state index contributed by atoms with van der Waals surface area (Å²) in [5, 5.41) is 28.1. The highest BCUT2D eigenvalue weighted by Gasteiger charge is 2.50. The predicted octanol–water partition coefficient (Wildman–Crippen LogP) is 3.10. The zero-order valence-electron chi connectivity index (χ0n) is 14.7.